The van der Waals surface area contributed by atoms with Crippen LogP contribution in [0.3, 0.4) is 0 Å². The molecule has 0 N–H and O–H groups in total. The van der Waals surface area contributed by atoms with Crippen molar-refractivity contribution < 1.29 is 18.9 Å². The van der Waals surface area contributed by atoms with Gasteiger partial charge in [-0.25, -0.2) is 9.78 Å². The monoisotopic (exact) mass is 370 g/mol. The normalized spacial score (nSPS) is 14.1. The second-order valence-electron chi connectivity index (χ2n) is 9.16. The molecule has 138 valence electrons. The summed E-state index contributed by atoms with van der Waals surface area (Å²) >= 11 is 0. The van der Waals surface area contributed by atoms with E-state index in [-0.39, 0.29) is 0 Å². The van der Waals surface area contributed by atoms with Crippen LogP contribution in [0, 0.1) is 0 Å². The molecule has 0 saturated carbocycles. The Morgan fingerprint density at radius 1 is 0.583 bits per heavy atom. The Bertz CT molecular complexity index is 476. The van der Waals surface area contributed by atoms with Gasteiger partial charge in [-0.1, -0.05) is 24.3 Å². The van der Waals surface area contributed by atoms with E-state index in [1.54, 1.807) is 0 Å². The van der Waals surface area contributed by atoms with E-state index in [9.17, 15) is 0 Å². The third-order valence-corrected chi connectivity index (χ3v) is 4.44. The van der Waals surface area contributed by atoms with Crippen molar-refractivity contribution in [1.29, 1.82) is 0 Å². The van der Waals surface area contributed by atoms with Gasteiger partial charge >= 0.3 is 0 Å². The van der Waals surface area contributed by atoms with Crippen molar-refractivity contribution in [2.45, 2.75) is 78.2 Å². The van der Waals surface area contributed by atoms with Gasteiger partial charge in [0.15, 0.2) is 0 Å². The molecule has 0 radical (unpaired) electrons. The fourth-order valence-electron chi connectivity index (χ4n) is 1.83. The van der Waals surface area contributed by atoms with Crippen LogP contribution in [-0.4, -0.2) is 16.6 Å². The minimum Gasteiger partial charge on any atom is -0.286 e. The van der Waals surface area contributed by atoms with Crippen molar-refractivity contribution in [3.05, 3.63) is 35.4 Å². The van der Waals surface area contributed by atoms with E-state index in [0.717, 1.165) is 11.1 Å². The first-order valence-corrected chi connectivity index (χ1v) is 15.3. The van der Waals surface area contributed by atoms with E-state index < -0.39 is 27.8 Å². The van der Waals surface area contributed by atoms with E-state index in [4.69, 9.17) is 18.9 Å². The highest BCUT2D eigenvalue weighted by molar-refractivity contribution is 6.69. The van der Waals surface area contributed by atoms with Gasteiger partial charge in [0, 0.05) is 0 Å². The predicted octanol–water partition coefficient (Wildman–Crippen LogP) is 5.72. The second-order valence-corrected chi connectivity index (χ2v) is 17.9. The Morgan fingerprint density at radius 2 is 0.833 bits per heavy atom. The highest BCUT2D eigenvalue weighted by Crippen LogP contribution is 2.31. The number of benzene rings is 1. The summed E-state index contributed by atoms with van der Waals surface area (Å²) < 4.78 is 11.2. The third-order valence-electron chi connectivity index (χ3n) is 3.28. The maximum Gasteiger partial charge on any atom is 0.230 e. The molecule has 0 aliphatic heterocycles. The zero-order valence-electron chi connectivity index (χ0n) is 16.9. The second kappa shape index (κ2) is 7.39. The van der Waals surface area contributed by atoms with Gasteiger partial charge in [-0.15, -0.1) is 0 Å². The maximum atomic E-state index is 5.71. The molecule has 0 aromatic heterocycles. The Kier molecular flexibility index (Phi) is 6.63. The molecule has 6 heteroatoms. The lowest BCUT2D eigenvalue weighted by Crippen LogP contribution is -2.33. The van der Waals surface area contributed by atoms with Crippen LogP contribution in [0.25, 0.3) is 0 Å². The van der Waals surface area contributed by atoms with E-state index in [1.807, 2.05) is 27.7 Å². The van der Waals surface area contributed by atoms with Crippen LogP contribution in [-0.2, 0) is 30.1 Å². The largest absolute Gasteiger partial charge is 0.286 e. The molecule has 0 aliphatic rings. The number of hydrogen-bond acceptors (Lipinski definition) is 4. The van der Waals surface area contributed by atoms with Crippen molar-refractivity contribution in [3.8, 4) is 0 Å². The third kappa shape index (κ3) is 7.17. The van der Waals surface area contributed by atoms with Crippen LogP contribution in [0.15, 0.2) is 24.3 Å². The molecule has 0 saturated heterocycles. The maximum absolute atomic E-state index is 5.71. The molecule has 4 nitrogen and oxygen atoms in total. The molecule has 0 aliphatic carbocycles. The lowest BCUT2D eigenvalue weighted by atomic mass is 9.92. The van der Waals surface area contributed by atoms with Gasteiger partial charge in [0.25, 0.3) is 0 Å². The lowest BCUT2D eigenvalue weighted by molar-refractivity contribution is -0.297. The summed E-state index contributed by atoms with van der Waals surface area (Å²) in [7, 11) is -3.45. The standard InChI is InChI=1S/C18H34O4Si2/c1-17(2,19-21-23(5,6)7)15-11-13-16(14-12-15)18(3,4)20-22-24(8,9)10/h11-14H,1-10H3. The van der Waals surface area contributed by atoms with Gasteiger partial charge in [-0.05, 0) is 78.1 Å². The fourth-order valence-corrected chi connectivity index (χ4v) is 2.74. The summed E-state index contributed by atoms with van der Waals surface area (Å²) in [6.07, 6.45) is 0. The van der Waals surface area contributed by atoms with Crippen molar-refractivity contribution >= 4 is 16.6 Å². The Labute approximate surface area is 149 Å². The molecular weight excluding hydrogens is 336 g/mol. The summed E-state index contributed by atoms with van der Waals surface area (Å²) in [5, 5.41) is 0. The van der Waals surface area contributed by atoms with Gasteiger partial charge in [-0.3, -0.25) is 9.15 Å². The van der Waals surface area contributed by atoms with E-state index in [1.165, 1.54) is 0 Å². The summed E-state index contributed by atoms with van der Waals surface area (Å²) in [6, 6.07) is 8.23. The summed E-state index contributed by atoms with van der Waals surface area (Å²) in [5.41, 5.74) is 1.12. The Balaban J connectivity index is 2.84. The number of hydrogen-bond donors (Lipinski definition) is 0. The van der Waals surface area contributed by atoms with Crippen molar-refractivity contribution in [3.63, 3.8) is 0 Å². The topological polar surface area (TPSA) is 36.9 Å². The Hall–Kier alpha value is -0.506. The molecule has 0 heterocycles. The summed E-state index contributed by atoms with van der Waals surface area (Å²) in [6.45, 7) is 20.7. The van der Waals surface area contributed by atoms with Gasteiger partial charge in [-0.2, -0.15) is 0 Å². The molecule has 1 rings (SSSR count). The number of rotatable bonds is 8. The first-order chi connectivity index (χ1) is 10.6. The van der Waals surface area contributed by atoms with Crippen molar-refractivity contribution in [2.24, 2.45) is 0 Å². The molecule has 0 unspecified atom stereocenters. The smallest absolute Gasteiger partial charge is 0.230 e. The molecule has 0 atom stereocenters. The van der Waals surface area contributed by atoms with Gasteiger partial charge in [0.1, 0.15) is 11.2 Å². The SMILES string of the molecule is CC(C)(OO[Si](C)(C)C)c1ccc(C(C)(C)OO[Si](C)(C)C)cc1. The molecule has 0 spiro atoms. The Morgan fingerprint density at radius 3 is 1.04 bits per heavy atom. The van der Waals surface area contributed by atoms with E-state index >= 15 is 0 Å². The van der Waals surface area contributed by atoms with Crippen LogP contribution in [0.4, 0.5) is 0 Å². The van der Waals surface area contributed by atoms with Crippen LogP contribution in [0.2, 0.25) is 39.3 Å². The van der Waals surface area contributed by atoms with E-state index in [0.29, 0.717) is 0 Å². The van der Waals surface area contributed by atoms with Crippen molar-refractivity contribution in [1.82, 2.24) is 0 Å². The highest BCUT2D eigenvalue weighted by Gasteiger charge is 2.30. The van der Waals surface area contributed by atoms with Gasteiger partial charge in [0.2, 0.25) is 16.6 Å². The molecular formula is C18H34O4Si2. The quantitative estimate of drug-likeness (QED) is 0.333. The summed E-state index contributed by atoms with van der Waals surface area (Å²) in [4.78, 5) is 11.4. The molecule has 1 aromatic carbocycles. The molecule has 24 heavy (non-hydrogen) atoms. The lowest BCUT2D eigenvalue weighted by Gasteiger charge is -2.30. The van der Waals surface area contributed by atoms with Crippen LogP contribution < -0.4 is 0 Å². The van der Waals surface area contributed by atoms with Crippen molar-refractivity contribution in [2.75, 3.05) is 0 Å². The zero-order valence-corrected chi connectivity index (χ0v) is 18.9. The first-order valence-electron chi connectivity index (χ1n) is 8.47. The molecule has 0 amide bonds. The van der Waals surface area contributed by atoms with Crippen LogP contribution in [0.5, 0.6) is 0 Å². The van der Waals surface area contributed by atoms with Gasteiger partial charge < -0.3 is 0 Å². The van der Waals surface area contributed by atoms with Gasteiger partial charge in [0.05, 0.1) is 0 Å². The molecule has 0 fully saturated rings. The average molecular weight is 371 g/mol. The minimum atomic E-state index is -1.72. The predicted molar refractivity (Wildman–Crippen MR) is 104 cm³/mol. The minimum absolute atomic E-state index is 0.501. The average Bonchev–Trinajstić information content (AvgIpc) is 2.42. The van der Waals surface area contributed by atoms with E-state index in [2.05, 4.69) is 63.5 Å². The molecule has 1 aromatic rings. The highest BCUT2D eigenvalue weighted by atomic mass is 28.4. The summed E-state index contributed by atoms with van der Waals surface area (Å²) in [5.74, 6) is 0. The fraction of sp³-hybridized carbons (Fsp3) is 0.667. The van der Waals surface area contributed by atoms with Crippen LogP contribution in [0.1, 0.15) is 38.8 Å². The first kappa shape index (κ1) is 21.5. The van der Waals surface area contributed by atoms with Crippen LogP contribution >= 0.6 is 0 Å². The zero-order chi connectivity index (χ0) is 18.8. The molecule has 0 bridgehead atoms.